The van der Waals surface area contributed by atoms with Crippen molar-refractivity contribution in [3.63, 3.8) is 0 Å². The highest BCUT2D eigenvalue weighted by Crippen LogP contribution is 2.17. The molecule has 0 spiro atoms. The quantitative estimate of drug-likeness (QED) is 0.798. The summed E-state index contributed by atoms with van der Waals surface area (Å²) in [6, 6.07) is 19.9. The van der Waals surface area contributed by atoms with Crippen LogP contribution in [0.1, 0.15) is 13.8 Å². The molecule has 0 bridgehead atoms. The average molecular weight is 319 g/mol. The smallest absolute Gasteiger partial charge is 0.360 e. The highest BCUT2D eigenvalue weighted by Gasteiger charge is 2.45. The van der Waals surface area contributed by atoms with E-state index < -0.39 is 17.1 Å². The van der Waals surface area contributed by atoms with E-state index in [4.69, 9.17) is 4.12 Å². The Bertz CT molecular complexity index is 513. The maximum absolute atomic E-state index is 11.0. The Morgan fingerprint density at radius 2 is 1.05 bits per heavy atom. The van der Waals surface area contributed by atoms with Crippen molar-refractivity contribution in [2.75, 3.05) is 0 Å². The fraction of sp³-hybridized carbons (Fsp3) is 0.250. The highest BCUT2D eigenvalue weighted by atomic mass is 28.5. The van der Waals surface area contributed by atoms with Gasteiger partial charge in [-0.2, -0.15) is 0 Å². The molecule has 0 aromatic heterocycles. The average Bonchev–Trinajstić information content (AvgIpc) is 2.56. The van der Waals surface area contributed by atoms with Gasteiger partial charge < -0.3 is 13.7 Å². The van der Waals surface area contributed by atoms with Crippen LogP contribution in [0.2, 0.25) is 12.1 Å². The topological polar surface area (TPSA) is 49.7 Å². The van der Waals surface area contributed by atoms with Crippen molar-refractivity contribution >= 4 is 27.5 Å². The molecule has 0 radical (unpaired) electrons. The van der Waals surface area contributed by atoms with Crippen molar-refractivity contribution in [1.29, 1.82) is 0 Å². The van der Waals surface area contributed by atoms with Gasteiger partial charge in [-0.15, -0.1) is 0 Å². The van der Waals surface area contributed by atoms with E-state index in [9.17, 15) is 9.59 Å². The van der Waals surface area contributed by atoms with Gasteiger partial charge in [-0.05, 0) is 22.5 Å². The summed E-state index contributed by atoms with van der Waals surface area (Å²) in [4.78, 5) is 22.0. The highest BCUT2D eigenvalue weighted by molar-refractivity contribution is 6.92. The first-order chi connectivity index (χ1) is 10.0. The zero-order valence-corrected chi connectivity index (χ0v) is 14.5. The molecule has 2 atom stereocenters. The SMILES string of the molecule is CC[Si](O)(O[Si](O)(CC)c1ccccc1)c1ccccc1. The van der Waals surface area contributed by atoms with Crippen LogP contribution in [0.4, 0.5) is 0 Å². The second-order valence-corrected chi connectivity index (χ2v) is 11.6. The normalized spacial score (nSPS) is 17.0. The van der Waals surface area contributed by atoms with Crippen molar-refractivity contribution < 1.29 is 13.7 Å². The number of hydrogen-bond donors (Lipinski definition) is 2. The molecule has 0 fully saturated rings. The maximum Gasteiger partial charge on any atom is 0.360 e. The first-order valence-electron chi connectivity index (χ1n) is 7.30. The van der Waals surface area contributed by atoms with Gasteiger partial charge in [0.25, 0.3) is 0 Å². The van der Waals surface area contributed by atoms with Crippen molar-refractivity contribution in [3.8, 4) is 0 Å². The summed E-state index contributed by atoms with van der Waals surface area (Å²) < 4.78 is 6.08. The summed E-state index contributed by atoms with van der Waals surface area (Å²) in [5.74, 6) is 0. The predicted molar refractivity (Wildman–Crippen MR) is 90.1 cm³/mol. The van der Waals surface area contributed by atoms with Crippen LogP contribution < -0.4 is 10.4 Å². The molecule has 0 saturated heterocycles. The molecule has 21 heavy (non-hydrogen) atoms. The van der Waals surface area contributed by atoms with Gasteiger partial charge in [0, 0.05) is 0 Å². The molecule has 0 aliphatic rings. The minimum atomic E-state index is -3.13. The molecule has 0 amide bonds. The van der Waals surface area contributed by atoms with Crippen molar-refractivity contribution in [2.45, 2.75) is 25.9 Å². The monoisotopic (exact) mass is 318 g/mol. The largest absolute Gasteiger partial charge is 0.408 e. The lowest BCUT2D eigenvalue weighted by molar-refractivity contribution is 0.322. The molecule has 2 rings (SSSR count). The van der Waals surface area contributed by atoms with Crippen LogP contribution in [0.5, 0.6) is 0 Å². The third-order valence-corrected chi connectivity index (χ3v) is 10.8. The Kier molecular flexibility index (Phi) is 5.13. The molecular formula is C16H22O3Si2. The minimum Gasteiger partial charge on any atom is -0.408 e. The van der Waals surface area contributed by atoms with Gasteiger partial charge in [-0.3, -0.25) is 0 Å². The summed E-state index contributed by atoms with van der Waals surface area (Å²) in [7, 11) is -6.25. The van der Waals surface area contributed by atoms with Crippen LogP contribution >= 0.6 is 0 Å². The molecule has 3 nitrogen and oxygen atoms in total. The Morgan fingerprint density at radius 1 is 0.714 bits per heavy atom. The Morgan fingerprint density at radius 3 is 1.33 bits per heavy atom. The molecule has 2 aromatic carbocycles. The second kappa shape index (κ2) is 6.68. The molecule has 0 saturated carbocycles. The minimum absolute atomic E-state index is 0.513. The van der Waals surface area contributed by atoms with Gasteiger partial charge in [-0.1, -0.05) is 74.5 Å². The van der Waals surface area contributed by atoms with Crippen molar-refractivity contribution in [2.24, 2.45) is 0 Å². The van der Waals surface area contributed by atoms with E-state index in [0.29, 0.717) is 12.1 Å². The third-order valence-electron chi connectivity index (χ3n) is 3.75. The summed E-state index contributed by atoms with van der Waals surface area (Å²) in [5.41, 5.74) is 0. The van der Waals surface area contributed by atoms with Crippen LogP contribution in [0.25, 0.3) is 0 Å². The fourth-order valence-corrected chi connectivity index (χ4v) is 8.92. The Labute approximate surface area is 128 Å². The molecule has 0 aliphatic heterocycles. The number of benzene rings is 2. The van der Waals surface area contributed by atoms with E-state index >= 15 is 0 Å². The van der Waals surface area contributed by atoms with Gasteiger partial charge >= 0.3 is 17.1 Å². The van der Waals surface area contributed by atoms with Gasteiger partial charge in [0.2, 0.25) is 0 Å². The van der Waals surface area contributed by atoms with Crippen molar-refractivity contribution in [1.82, 2.24) is 0 Å². The van der Waals surface area contributed by atoms with Gasteiger partial charge in [0.15, 0.2) is 0 Å². The molecule has 0 heterocycles. The molecule has 2 N–H and O–H groups in total. The van der Waals surface area contributed by atoms with E-state index in [1.54, 1.807) is 0 Å². The van der Waals surface area contributed by atoms with E-state index in [1.807, 2.05) is 74.5 Å². The number of rotatable bonds is 6. The lowest BCUT2D eigenvalue weighted by Crippen LogP contribution is -2.63. The van der Waals surface area contributed by atoms with Crippen LogP contribution in [-0.2, 0) is 4.12 Å². The first kappa shape index (κ1) is 16.1. The lowest BCUT2D eigenvalue weighted by atomic mass is 10.4. The lowest BCUT2D eigenvalue weighted by Gasteiger charge is -2.34. The summed E-state index contributed by atoms with van der Waals surface area (Å²) in [6.07, 6.45) is 0. The number of hydrogen-bond acceptors (Lipinski definition) is 3. The van der Waals surface area contributed by atoms with E-state index in [2.05, 4.69) is 0 Å². The van der Waals surface area contributed by atoms with Crippen LogP contribution in [0.3, 0.4) is 0 Å². The molecule has 112 valence electrons. The van der Waals surface area contributed by atoms with E-state index in [-0.39, 0.29) is 0 Å². The Balaban J connectivity index is 2.36. The standard InChI is InChI=1S/C16H22O3Si2/c1-3-20(17,15-11-7-5-8-12-15)19-21(18,4-2)16-13-9-6-10-14-16/h5-14,17-18H,3-4H2,1-2H3. The first-order valence-corrected chi connectivity index (χ1v) is 11.4. The molecule has 2 aromatic rings. The molecule has 0 aliphatic carbocycles. The maximum atomic E-state index is 11.0. The molecular weight excluding hydrogens is 296 g/mol. The van der Waals surface area contributed by atoms with E-state index in [1.165, 1.54) is 0 Å². The van der Waals surface area contributed by atoms with E-state index in [0.717, 1.165) is 10.4 Å². The summed E-state index contributed by atoms with van der Waals surface area (Å²) in [6.45, 7) is 3.82. The van der Waals surface area contributed by atoms with Gasteiger partial charge in [0.05, 0.1) is 0 Å². The van der Waals surface area contributed by atoms with Crippen LogP contribution in [0, 0.1) is 0 Å². The molecule has 5 heteroatoms. The van der Waals surface area contributed by atoms with Gasteiger partial charge in [0.1, 0.15) is 0 Å². The van der Waals surface area contributed by atoms with Gasteiger partial charge in [-0.25, -0.2) is 0 Å². The Hall–Kier alpha value is -1.25. The second-order valence-electron chi connectivity index (χ2n) is 5.11. The fourth-order valence-electron chi connectivity index (χ4n) is 2.35. The van der Waals surface area contributed by atoms with Crippen molar-refractivity contribution in [3.05, 3.63) is 60.7 Å². The summed E-state index contributed by atoms with van der Waals surface area (Å²) >= 11 is 0. The predicted octanol–water partition coefficient (Wildman–Crippen LogP) is 1.73. The zero-order chi connectivity index (χ0) is 15.3. The zero-order valence-electron chi connectivity index (χ0n) is 12.5. The summed E-state index contributed by atoms with van der Waals surface area (Å²) in [5, 5.41) is 1.62. The third kappa shape index (κ3) is 3.50. The van der Waals surface area contributed by atoms with Crippen LogP contribution in [0.15, 0.2) is 60.7 Å². The van der Waals surface area contributed by atoms with Crippen LogP contribution in [-0.4, -0.2) is 26.7 Å². The molecule has 2 unspecified atom stereocenters.